The number of oxazole rings is 1. The van der Waals surface area contributed by atoms with Crippen molar-refractivity contribution in [2.45, 2.75) is 13.8 Å². The van der Waals surface area contributed by atoms with Crippen molar-refractivity contribution in [2.75, 3.05) is 0 Å². The molecule has 23 heavy (non-hydrogen) atoms. The second kappa shape index (κ2) is 6.26. The number of aromatic hydroxyl groups is 1. The first kappa shape index (κ1) is 15.3. The van der Waals surface area contributed by atoms with Gasteiger partial charge in [-0.15, -0.1) is 0 Å². The van der Waals surface area contributed by atoms with Crippen LogP contribution >= 0.6 is 11.6 Å². The topological polar surface area (TPSA) is 58.6 Å². The Morgan fingerprint density at radius 3 is 2.57 bits per heavy atom. The number of benzene rings is 2. The fraction of sp³-hybridized carbons (Fsp3) is 0.111. The van der Waals surface area contributed by atoms with Crippen molar-refractivity contribution in [1.82, 2.24) is 4.98 Å². The van der Waals surface area contributed by atoms with Gasteiger partial charge in [-0.2, -0.15) is 0 Å². The van der Waals surface area contributed by atoms with Crippen molar-refractivity contribution in [3.8, 4) is 17.4 Å². The molecule has 0 unspecified atom stereocenters. The van der Waals surface area contributed by atoms with E-state index < -0.39 is 0 Å². The van der Waals surface area contributed by atoms with Gasteiger partial charge in [-0.1, -0.05) is 35.4 Å². The number of hydrogen-bond acceptors (Lipinski definition) is 4. The number of aromatic nitrogens is 1. The number of aliphatic imine (C=N–C) groups is 1. The largest absolute Gasteiger partial charge is 0.479 e. The van der Waals surface area contributed by atoms with Crippen LogP contribution in [0.1, 0.15) is 16.8 Å². The highest BCUT2D eigenvalue weighted by atomic mass is 35.5. The van der Waals surface area contributed by atoms with Crippen LogP contribution in [0.4, 0.5) is 5.69 Å². The molecule has 0 bridgehead atoms. The lowest BCUT2D eigenvalue weighted by molar-refractivity contribution is 0.337. The molecule has 1 aromatic heterocycles. The molecule has 0 atom stereocenters. The molecule has 0 radical (unpaired) electrons. The number of hydrogen-bond donors (Lipinski definition) is 1. The number of aryl methyl sites for hydroxylation is 2. The van der Waals surface area contributed by atoms with Crippen molar-refractivity contribution < 1.29 is 9.52 Å². The van der Waals surface area contributed by atoms with E-state index in [0.29, 0.717) is 16.6 Å². The molecule has 0 saturated carbocycles. The molecule has 0 fully saturated rings. The average Bonchev–Trinajstić information content (AvgIpc) is 2.90. The Kier molecular flexibility index (Phi) is 4.17. The van der Waals surface area contributed by atoms with Crippen molar-refractivity contribution in [1.29, 1.82) is 0 Å². The van der Waals surface area contributed by atoms with E-state index in [0.717, 1.165) is 16.7 Å². The third kappa shape index (κ3) is 3.43. The summed E-state index contributed by atoms with van der Waals surface area (Å²) in [5.41, 5.74) is 3.88. The van der Waals surface area contributed by atoms with Crippen molar-refractivity contribution in [3.05, 3.63) is 64.3 Å². The zero-order valence-corrected chi connectivity index (χ0v) is 13.5. The minimum absolute atomic E-state index is 0.262. The van der Waals surface area contributed by atoms with E-state index in [1.807, 2.05) is 50.2 Å². The van der Waals surface area contributed by atoms with Crippen molar-refractivity contribution in [2.24, 2.45) is 4.99 Å². The zero-order valence-electron chi connectivity index (χ0n) is 12.7. The maximum Gasteiger partial charge on any atom is 0.312 e. The molecule has 1 heterocycles. The molecule has 0 amide bonds. The Morgan fingerprint density at radius 1 is 1.13 bits per heavy atom. The van der Waals surface area contributed by atoms with Crippen LogP contribution in [0.3, 0.4) is 0 Å². The Morgan fingerprint density at radius 2 is 1.87 bits per heavy atom. The van der Waals surface area contributed by atoms with Gasteiger partial charge in [0.15, 0.2) is 5.69 Å². The van der Waals surface area contributed by atoms with Crippen LogP contribution in [0.25, 0.3) is 11.5 Å². The molecule has 0 aliphatic heterocycles. The first-order valence-electron chi connectivity index (χ1n) is 7.10. The smallest absolute Gasteiger partial charge is 0.312 e. The fourth-order valence-electron chi connectivity index (χ4n) is 2.03. The minimum atomic E-state index is -0.262. The first-order chi connectivity index (χ1) is 11.0. The van der Waals surface area contributed by atoms with E-state index in [1.54, 1.807) is 6.07 Å². The lowest BCUT2D eigenvalue weighted by Gasteiger charge is -1.97. The summed E-state index contributed by atoms with van der Waals surface area (Å²) in [6.45, 7) is 3.93. The monoisotopic (exact) mass is 326 g/mol. The van der Waals surface area contributed by atoms with Crippen LogP contribution in [0.5, 0.6) is 5.95 Å². The van der Waals surface area contributed by atoms with Gasteiger partial charge < -0.3 is 9.52 Å². The normalized spacial score (nSPS) is 11.3. The minimum Gasteiger partial charge on any atom is -0.479 e. The molecule has 4 nitrogen and oxygen atoms in total. The van der Waals surface area contributed by atoms with Gasteiger partial charge >= 0.3 is 5.95 Å². The highest BCUT2D eigenvalue weighted by Crippen LogP contribution is 2.27. The molecule has 0 aliphatic carbocycles. The van der Waals surface area contributed by atoms with Gasteiger partial charge in [-0.25, -0.2) is 4.98 Å². The van der Waals surface area contributed by atoms with Gasteiger partial charge in [0.25, 0.3) is 0 Å². The second-order valence-corrected chi connectivity index (χ2v) is 5.67. The third-order valence-electron chi connectivity index (χ3n) is 3.42. The van der Waals surface area contributed by atoms with Crippen molar-refractivity contribution >= 4 is 23.5 Å². The molecule has 0 spiro atoms. The van der Waals surface area contributed by atoms with E-state index >= 15 is 0 Å². The average molecular weight is 327 g/mol. The number of rotatable bonds is 3. The second-order valence-electron chi connectivity index (χ2n) is 5.27. The highest BCUT2D eigenvalue weighted by molar-refractivity contribution is 6.31. The molecule has 3 rings (SSSR count). The lowest BCUT2D eigenvalue weighted by atomic mass is 10.1. The molecular formula is C18H15ClN2O2. The molecule has 3 aromatic rings. The number of nitrogens with zero attached hydrogens (tertiary/aromatic N) is 2. The van der Waals surface area contributed by atoms with Crippen LogP contribution in [0.2, 0.25) is 5.02 Å². The van der Waals surface area contributed by atoms with Gasteiger partial charge in [0.2, 0.25) is 5.89 Å². The Balaban J connectivity index is 1.87. The Hall–Kier alpha value is -2.59. The summed E-state index contributed by atoms with van der Waals surface area (Å²) in [4.78, 5) is 8.53. The Bertz CT molecular complexity index is 867. The van der Waals surface area contributed by atoms with E-state index in [9.17, 15) is 5.11 Å². The summed E-state index contributed by atoms with van der Waals surface area (Å²) in [5, 5.41) is 10.5. The van der Waals surface area contributed by atoms with Gasteiger partial charge in [-0.3, -0.25) is 4.99 Å². The summed E-state index contributed by atoms with van der Waals surface area (Å²) < 4.78 is 5.30. The molecular weight excluding hydrogens is 312 g/mol. The maximum absolute atomic E-state index is 9.88. The van der Waals surface area contributed by atoms with Crippen LogP contribution in [0.15, 0.2) is 51.9 Å². The molecule has 5 heteroatoms. The molecule has 1 N–H and O–H groups in total. The quantitative estimate of drug-likeness (QED) is 0.684. The molecule has 116 valence electrons. The van der Waals surface area contributed by atoms with Gasteiger partial charge in [0, 0.05) is 10.6 Å². The predicted octanol–water partition coefficient (Wildman–Crippen LogP) is 5.07. The summed E-state index contributed by atoms with van der Waals surface area (Å²) in [6.07, 6.45) is 1.46. The van der Waals surface area contributed by atoms with E-state index in [2.05, 4.69) is 9.98 Å². The van der Waals surface area contributed by atoms with Crippen LogP contribution in [-0.2, 0) is 0 Å². The van der Waals surface area contributed by atoms with E-state index in [4.69, 9.17) is 16.0 Å². The third-order valence-corrected chi connectivity index (χ3v) is 3.83. The van der Waals surface area contributed by atoms with Gasteiger partial charge in [0.05, 0.1) is 11.9 Å². The SMILES string of the molecule is Cc1ccc(-c2nc(C=Nc3ccc(C)c(Cl)c3)c(O)o2)cc1. The maximum atomic E-state index is 9.88. The van der Waals surface area contributed by atoms with E-state index in [-0.39, 0.29) is 11.6 Å². The summed E-state index contributed by atoms with van der Waals surface area (Å²) in [5.74, 6) is 0.0911. The summed E-state index contributed by atoms with van der Waals surface area (Å²) >= 11 is 6.07. The highest BCUT2D eigenvalue weighted by Gasteiger charge is 2.12. The van der Waals surface area contributed by atoms with Crippen LogP contribution < -0.4 is 0 Å². The standard InChI is InChI=1S/C18H15ClN2O2/c1-11-3-6-13(7-4-11)17-21-16(18(22)23-17)10-20-14-8-5-12(2)15(19)9-14/h3-10,22H,1-2H3. The summed E-state index contributed by atoms with van der Waals surface area (Å²) in [7, 11) is 0. The van der Waals surface area contributed by atoms with E-state index in [1.165, 1.54) is 6.21 Å². The van der Waals surface area contributed by atoms with Gasteiger partial charge in [-0.05, 0) is 43.7 Å². The molecule has 2 aromatic carbocycles. The van der Waals surface area contributed by atoms with Gasteiger partial charge in [0.1, 0.15) is 0 Å². The van der Waals surface area contributed by atoms with Crippen molar-refractivity contribution in [3.63, 3.8) is 0 Å². The lowest BCUT2D eigenvalue weighted by Crippen LogP contribution is -1.83. The summed E-state index contributed by atoms with van der Waals surface area (Å²) in [6, 6.07) is 13.2. The first-order valence-corrected chi connectivity index (χ1v) is 7.48. The fourth-order valence-corrected chi connectivity index (χ4v) is 2.20. The predicted molar refractivity (Wildman–Crippen MR) is 91.8 cm³/mol. The number of halogens is 1. The zero-order chi connectivity index (χ0) is 16.4. The van der Waals surface area contributed by atoms with Crippen LogP contribution in [-0.4, -0.2) is 16.3 Å². The molecule has 0 saturated heterocycles. The molecule has 0 aliphatic rings. The van der Waals surface area contributed by atoms with Crippen LogP contribution in [0, 0.1) is 13.8 Å². The Labute approximate surface area is 139 Å².